The average molecular weight is 177 g/mol. The molecular weight excluding hydrogens is 170 g/mol. The molecule has 0 spiro atoms. The summed E-state index contributed by atoms with van der Waals surface area (Å²) in [6.07, 6.45) is 0. The minimum absolute atomic E-state index is 0.196. The van der Waals surface area contributed by atoms with E-state index in [1.54, 1.807) is 25.2 Å². The molecule has 1 N–H and O–H groups in total. The Hall–Kier alpha value is -1.91. The molecule has 0 unspecified atom stereocenters. The summed E-state index contributed by atoms with van der Waals surface area (Å²) in [7, 11) is 1.66. The quantitative estimate of drug-likeness (QED) is 0.666. The molecule has 0 bridgehead atoms. The first-order chi connectivity index (χ1) is 6.22. The maximum Gasteiger partial charge on any atom is 0.326 e. The molecule has 1 heterocycles. The van der Waals surface area contributed by atoms with E-state index in [0.29, 0.717) is 11.2 Å². The van der Waals surface area contributed by atoms with Gasteiger partial charge in [-0.3, -0.25) is 4.57 Å². The molecule has 13 heavy (non-hydrogen) atoms. The number of nitroso groups, excluding NO2 is 1. The van der Waals surface area contributed by atoms with Crippen molar-refractivity contribution in [2.45, 2.75) is 0 Å². The van der Waals surface area contributed by atoms with Crippen LogP contribution in [0, 0.1) is 4.91 Å². The highest BCUT2D eigenvalue weighted by atomic mass is 16.3. The van der Waals surface area contributed by atoms with E-state index in [4.69, 9.17) is 0 Å². The number of aryl methyl sites for hydroxylation is 1. The summed E-state index contributed by atoms with van der Waals surface area (Å²) >= 11 is 0. The van der Waals surface area contributed by atoms with Gasteiger partial charge >= 0.3 is 5.69 Å². The average Bonchev–Trinajstić information content (AvgIpc) is 2.42. The molecule has 1 aromatic heterocycles. The second-order valence-corrected chi connectivity index (χ2v) is 2.78. The summed E-state index contributed by atoms with van der Waals surface area (Å²) in [6.45, 7) is 0. The Bertz CT molecular complexity index is 524. The Labute approximate surface area is 73.0 Å². The van der Waals surface area contributed by atoms with Crippen LogP contribution in [0.5, 0.6) is 0 Å². The molecule has 0 saturated carbocycles. The normalized spacial score (nSPS) is 10.5. The molecule has 0 aliphatic rings. The van der Waals surface area contributed by atoms with Crippen LogP contribution in [0.2, 0.25) is 0 Å². The van der Waals surface area contributed by atoms with Gasteiger partial charge < -0.3 is 4.98 Å². The van der Waals surface area contributed by atoms with E-state index in [0.717, 1.165) is 5.52 Å². The van der Waals surface area contributed by atoms with Crippen LogP contribution in [0.4, 0.5) is 5.69 Å². The minimum atomic E-state index is -0.196. The highest BCUT2D eigenvalue weighted by Gasteiger charge is 2.02. The Kier molecular flexibility index (Phi) is 1.51. The lowest BCUT2D eigenvalue weighted by molar-refractivity contribution is 0.891. The summed E-state index contributed by atoms with van der Waals surface area (Å²) < 4.78 is 1.48. The zero-order valence-corrected chi connectivity index (χ0v) is 6.94. The van der Waals surface area contributed by atoms with Crippen molar-refractivity contribution in [3.05, 3.63) is 33.6 Å². The molecule has 66 valence electrons. The van der Waals surface area contributed by atoms with Crippen molar-refractivity contribution < 1.29 is 0 Å². The standard InChI is InChI=1S/C8H7N3O2/c1-11-7-3-2-5(10-13)4-6(7)9-8(11)12/h2-4H,1H3,(H,9,12). The van der Waals surface area contributed by atoms with Gasteiger partial charge in [0.25, 0.3) is 0 Å². The van der Waals surface area contributed by atoms with E-state index in [2.05, 4.69) is 10.2 Å². The molecule has 0 aliphatic carbocycles. The molecule has 0 fully saturated rings. The van der Waals surface area contributed by atoms with E-state index in [-0.39, 0.29) is 5.69 Å². The van der Waals surface area contributed by atoms with Gasteiger partial charge in [0.05, 0.1) is 11.0 Å². The van der Waals surface area contributed by atoms with Gasteiger partial charge in [0.1, 0.15) is 5.69 Å². The smallest absolute Gasteiger partial charge is 0.305 e. The van der Waals surface area contributed by atoms with Crippen LogP contribution in [0.15, 0.2) is 28.2 Å². The number of imidazole rings is 1. The zero-order valence-electron chi connectivity index (χ0n) is 6.94. The predicted molar refractivity (Wildman–Crippen MR) is 49.0 cm³/mol. The van der Waals surface area contributed by atoms with Gasteiger partial charge in [0, 0.05) is 7.05 Å². The number of rotatable bonds is 1. The third-order valence-corrected chi connectivity index (χ3v) is 1.99. The molecule has 2 aromatic rings. The molecule has 0 saturated heterocycles. The van der Waals surface area contributed by atoms with Crippen LogP contribution < -0.4 is 5.69 Å². The van der Waals surface area contributed by atoms with Gasteiger partial charge in [-0.1, -0.05) is 0 Å². The van der Waals surface area contributed by atoms with Gasteiger partial charge in [-0.2, -0.15) is 0 Å². The van der Waals surface area contributed by atoms with Crippen molar-refractivity contribution in [1.82, 2.24) is 9.55 Å². The van der Waals surface area contributed by atoms with Crippen molar-refractivity contribution in [3.63, 3.8) is 0 Å². The molecule has 0 atom stereocenters. The molecule has 2 rings (SSSR count). The fourth-order valence-corrected chi connectivity index (χ4v) is 1.28. The first kappa shape index (κ1) is 7.72. The van der Waals surface area contributed by atoms with Crippen molar-refractivity contribution in [3.8, 4) is 0 Å². The number of hydrogen-bond acceptors (Lipinski definition) is 3. The Morgan fingerprint density at radius 1 is 1.46 bits per heavy atom. The first-order valence-electron chi connectivity index (χ1n) is 3.74. The number of fused-ring (bicyclic) bond motifs is 1. The zero-order chi connectivity index (χ0) is 9.42. The second-order valence-electron chi connectivity index (χ2n) is 2.78. The fourth-order valence-electron chi connectivity index (χ4n) is 1.28. The predicted octanol–water partition coefficient (Wildman–Crippen LogP) is 1.26. The lowest BCUT2D eigenvalue weighted by Crippen LogP contribution is -2.11. The van der Waals surface area contributed by atoms with Crippen molar-refractivity contribution in [2.75, 3.05) is 0 Å². The third kappa shape index (κ3) is 1.05. The maximum absolute atomic E-state index is 11.1. The fraction of sp³-hybridized carbons (Fsp3) is 0.125. The summed E-state index contributed by atoms with van der Waals surface area (Å²) in [6, 6.07) is 4.80. The van der Waals surface area contributed by atoms with Crippen molar-refractivity contribution >= 4 is 16.7 Å². The largest absolute Gasteiger partial charge is 0.326 e. The topological polar surface area (TPSA) is 67.2 Å². The number of nitrogens with one attached hydrogen (secondary N) is 1. The lowest BCUT2D eigenvalue weighted by Gasteiger charge is -1.92. The number of benzene rings is 1. The van der Waals surface area contributed by atoms with Gasteiger partial charge in [-0.15, -0.1) is 4.91 Å². The summed E-state index contributed by atoms with van der Waals surface area (Å²) in [4.78, 5) is 23.9. The van der Waals surface area contributed by atoms with E-state index in [1.807, 2.05) is 0 Å². The van der Waals surface area contributed by atoms with Crippen LogP contribution in [0.25, 0.3) is 11.0 Å². The second kappa shape index (κ2) is 2.55. The van der Waals surface area contributed by atoms with Crippen LogP contribution in [0.1, 0.15) is 0 Å². The maximum atomic E-state index is 11.1. The van der Waals surface area contributed by atoms with E-state index in [1.165, 1.54) is 4.57 Å². The van der Waals surface area contributed by atoms with Gasteiger partial charge in [-0.05, 0) is 23.4 Å². The highest BCUT2D eigenvalue weighted by molar-refractivity contribution is 5.78. The Morgan fingerprint density at radius 3 is 2.92 bits per heavy atom. The van der Waals surface area contributed by atoms with E-state index < -0.39 is 0 Å². The van der Waals surface area contributed by atoms with E-state index >= 15 is 0 Å². The Balaban J connectivity index is 2.87. The molecule has 0 radical (unpaired) electrons. The number of aromatic nitrogens is 2. The SMILES string of the molecule is Cn1c(=O)[nH]c2cc(N=O)ccc21. The highest BCUT2D eigenvalue weighted by Crippen LogP contribution is 2.17. The number of hydrogen-bond donors (Lipinski definition) is 1. The molecule has 5 nitrogen and oxygen atoms in total. The number of aromatic amines is 1. The van der Waals surface area contributed by atoms with Gasteiger partial charge in [0.15, 0.2) is 0 Å². The van der Waals surface area contributed by atoms with Crippen LogP contribution in [0.3, 0.4) is 0 Å². The van der Waals surface area contributed by atoms with Crippen LogP contribution in [-0.4, -0.2) is 9.55 Å². The van der Waals surface area contributed by atoms with Crippen LogP contribution in [-0.2, 0) is 7.05 Å². The summed E-state index contributed by atoms with van der Waals surface area (Å²) in [5.41, 5.74) is 1.51. The number of H-pyrrole nitrogens is 1. The number of nitrogens with zero attached hydrogens (tertiary/aromatic N) is 2. The van der Waals surface area contributed by atoms with Crippen molar-refractivity contribution in [2.24, 2.45) is 12.2 Å². The van der Waals surface area contributed by atoms with E-state index in [9.17, 15) is 9.70 Å². The molecule has 5 heteroatoms. The molecule has 0 amide bonds. The van der Waals surface area contributed by atoms with Crippen LogP contribution >= 0.6 is 0 Å². The third-order valence-electron chi connectivity index (χ3n) is 1.99. The first-order valence-corrected chi connectivity index (χ1v) is 3.74. The monoisotopic (exact) mass is 177 g/mol. The van der Waals surface area contributed by atoms with Gasteiger partial charge in [-0.25, -0.2) is 4.79 Å². The Morgan fingerprint density at radius 2 is 2.23 bits per heavy atom. The molecular formula is C8H7N3O2. The lowest BCUT2D eigenvalue weighted by atomic mass is 10.3. The summed E-state index contributed by atoms with van der Waals surface area (Å²) in [5, 5.41) is 2.78. The minimum Gasteiger partial charge on any atom is -0.305 e. The molecule has 0 aliphatic heterocycles. The van der Waals surface area contributed by atoms with Gasteiger partial charge in [0.2, 0.25) is 0 Å². The van der Waals surface area contributed by atoms with Crippen molar-refractivity contribution in [1.29, 1.82) is 0 Å². The summed E-state index contributed by atoms with van der Waals surface area (Å²) in [5.74, 6) is 0. The molecule has 1 aromatic carbocycles.